The lowest BCUT2D eigenvalue weighted by atomic mass is 9.83. The predicted octanol–water partition coefficient (Wildman–Crippen LogP) is 2.70. The van der Waals surface area contributed by atoms with Gasteiger partial charge in [0.15, 0.2) is 0 Å². The van der Waals surface area contributed by atoms with Crippen LogP contribution in [0.15, 0.2) is 0 Å². The smallest absolute Gasteiger partial charge is 0.223 e. The van der Waals surface area contributed by atoms with Gasteiger partial charge in [0.05, 0.1) is 0 Å². The van der Waals surface area contributed by atoms with E-state index in [2.05, 4.69) is 19.2 Å². The Balaban J connectivity index is 2.41. The zero-order valence-electron chi connectivity index (χ0n) is 9.11. The molecule has 2 nitrogen and oxygen atoms in total. The molecular formula is C11H20ClNO. The largest absolute Gasteiger partial charge is 0.351 e. The van der Waals surface area contributed by atoms with E-state index in [-0.39, 0.29) is 17.4 Å². The van der Waals surface area contributed by atoms with Crippen molar-refractivity contribution < 1.29 is 4.79 Å². The lowest BCUT2D eigenvalue weighted by molar-refractivity contribution is -0.129. The summed E-state index contributed by atoms with van der Waals surface area (Å²) in [6.45, 7) is 4.17. The van der Waals surface area contributed by atoms with Gasteiger partial charge in [-0.2, -0.15) is 0 Å². The first kappa shape index (κ1) is 11.8. The molecule has 1 N–H and O–H groups in total. The third kappa shape index (κ3) is 2.88. The molecule has 0 aromatic heterocycles. The Bertz CT molecular complexity index is 203. The lowest BCUT2D eigenvalue weighted by Crippen LogP contribution is -2.49. The quantitative estimate of drug-likeness (QED) is 0.705. The maximum atomic E-state index is 11.7. The second kappa shape index (κ2) is 5.01. The molecule has 0 heterocycles. The number of carbonyl (C=O) groups is 1. The number of amides is 1. The van der Waals surface area contributed by atoms with Crippen molar-refractivity contribution in [3.63, 3.8) is 0 Å². The van der Waals surface area contributed by atoms with Crippen LogP contribution in [0.1, 0.15) is 46.0 Å². The highest BCUT2D eigenvalue weighted by Crippen LogP contribution is 2.27. The Kier molecular flexibility index (Phi) is 4.24. The predicted molar refractivity (Wildman–Crippen MR) is 59.5 cm³/mol. The molecule has 14 heavy (non-hydrogen) atoms. The van der Waals surface area contributed by atoms with Gasteiger partial charge in [0.2, 0.25) is 5.91 Å². The molecule has 1 aliphatic rings. The molecule has 0 radical (unpaired) electrons. The van der Waals surface area contributed by atoms with Crippen molar-refractivity contribution in [1.29, 1.82) is 0 Å². The number of carbonyl (C=O) groups excluding carboxylic acids is 1. The average Bonchev–Trinajstić information content (AvgIpc) is 2.01. The maximum Gasteiger partial charge on any atom is 0.223 e. The van der Waals surface area contributed by atoms with Gasteiger partial charge in [0, 0.05) is 17.3 Å². The Morgan fingerprint density at radius 1 is 1.57 bits per heavy atom. The fourth-order valence-electron chi connectivity index (χ4n) is 1.61. The Morgan fingerprint density at radius 2 is 2.21 bits per heavy atom. The normalized spacial score (nSPS) is 21.1. The standard InChI is InChI=1S/C11H20ClNO/c1-3-11(2,7-8-12)13-10(14)9-5-4-6-9/h9H,3-8H2,1-2H3,(H,13,14). The molecule has 0 aromatic rings. The van der Waals surface area contributed by atoms with E-state index in [9.17, 15) is 4.79 Å². The second-order valence-electron chi connectivity index (χ2n) is 4.47. The summed E-state index contributed by atoms with van der Waals surface area (Å²) < 4.78 is 0. The molecule has 1 aliphatic carbocycles. The van der Waals surface area contributed by atoms with Gasteiger partial charge < -0.3 is 5.32 Å². The van der Waals surface area contributed by atoms with Crippen molar-refractivity contribution in [3.8, 4) is 0 Å². The van der Waals surface area contributed by atoms with Crippen molar-refractivity contribution in [1.82, 2.24) is 5.32 Å². The summed E-state index contributed by atoms with van der Waals surface area (Å²) in [7, 11) is 0. The molecule has 1 fully saturated rings. The zero-order valence-corrected chi connectivity index (χ0v) is 9.86. The van der Waals surface area contributed by atoms with Crippen LogP contribution in [-0.4, -0.2) is 17.3 Å². The number of hydrogen-bond donors (Lipinski definition) is 1. The van der Waals surface area contributed by atoms with Crippen LogP contribution in [0, 0.1) is 5.92 Å². The summed E-state index contributed by atoms with van der Waals surface area (Å²) in [4.78, 5) is 11.7. The molecular weight excluding hydrogens is 198 g/mol. The first-order valence-corrected chi connectivity index (χ1v) is 6.03. The molecule has 82 valence electrons. The van der Waals surface area contributed by atoms with Crippen molar-refractivity contribution in [2.75, 3.05) is 5.88 Å². The number of nitrogens with one attached hydrogen (secondary N) is 1. The van der Waals surface area contributed by atoms with Gasteiger partial charge in [-0.3, -0.25) is 4.79 Å². The van der Waals surface area contributed by atoms with Crippen molar-refractivity contribution in [3.05, 3.63) is 0 Å². The minimum Gasteiger partial charge on any atom is -0.351 e. The summed E-state index contributed by atoms with van der Waals surface area (Å²) in [5.41, 5.74) is -0.103. The topological polar surface area (TPSA) is 29.1 Å². The fraction of sp³-hybridized carbons (Fsp3) is 0.909. The van der Waals surface area contributed by atoms with Crippen LogP contribution in [0.2, 0.25) is 0 Å². The van der Waals surface area contributed by atoms with Gasteiger partial charge in [-0.05, 0) is 32.6 Å². The number of rotatable bonds is 5. The molecule has 1 atom stereocenters. The number of alkyl halides is 1. The molecule has 0 aromatic carbocycles. The molecule has 0 saturated heterocycles. The molecule has 1 rings (SSSR count). The van der Waals surface area contributed by atoms with Crippen LogP contribution in [0.5, 0.6) is 0 Å². The summed E-state index contributed by atoms with van der Waals surface area (Å²) >= 11 is 5.72. The molecule has 3 heteroatoms. The minimum atomic E-state index is -0.103. The fourth-order valence-corrected chi connectivity index (χ4v) is 2.02. The van der Waals surface area contributed by atoms with E-state index in [0.717, 1.165) is 25.7 Å². The van der Waals surface area contributed by atoms with Gasteiger partial charge in [-0.25, -0.2) is 0 Å². The second-order valence-corrected chi connectivity index (χ2v) is 4.85. The van der Waals surface area contributed by atoms with E-state index in [1.807, 2.05) is 0 Å². The van der Waals surface area contributed by atoms with Crippen LogP contribution in [0.25, 0.3) is 0 Å². The Hall–Kier alpha value is -0.240. The molecule has 1 amide bonds. The van der Waals surface area contributed by atoms with Crippen molar-refractivity contribution >= 4 is 17.5 Å². The number of hydrogen-bond acceptors (Lipinski definition) is 1. The molecule has 1 saturated carbocycles. The van der Waals surface area contributed by atoms with Gasteiger partial charge in [-0.15, -0.1) is 11.6 Å². The van der Waals surface area contributed by atoms with Crippen molar-refractivity contribution in [2.45, 2.75) is 51.5 Å². The Labute approximate surface area is 91.4 Å². The SMILES string of the molecule is CCC(C)(CCCl)NC(=O)C1CCC1. The van der Waals surface area contributed by atoms with Crippen LogP contribution in [-0.2, 0) is 4.79 Å². The summed E-state index contributed by atoms with van der Waals surface area (Å²) in [6, 6.07) is 0. The van der Waals surface area contributed by atoms with E-state index in [4.69, 9.17) is 11.6 Å². The molecule has 1 unspecified atom stereocenters. The van der Waals surface area contributed by atoms with Gasteiger partial charge >= 0.3 is 0 Å². The summed E-state index contributed by atoms with van der Waals surface area (Å²) in [5, 5.41) is 3.12. The van der Waals surface area contributed by atoms with E-state index in [1.54, 1.807) is 0 Å². The van der Waals surface area contributed by atoms with E-state index in [0.29, 0.717) is 5.88 Å². The first-order valence-electron chi connectivity index (χ1n) is 5.49. The monoisotopic (exact) mass is 217 g/mol. The minimum absolute atomic E-state index is 0.103. The first-order chi connectivity index (χ1) is 6.61. The third-order valence-corrected chi connectivity index (χ3v) is 3.52. The molecule has 0 bridgehead atoms. The Morgan fingerprint density at radius 3 is 2.57 bits per heavy atom. The average molecular weight is 218 g/mol. The highest BCUT2D eigenvalue weighted by Gasteiger charge is 2.30. The summed E-state index contributed by atoms with van der Waals surface area (Å²) in [6.07, 6.45) is 5.12. The van der Waals surface area contributed by atoms with Crippen LogP contribution in [0.4, 0.5) is 0 Å². The highest BCUT2D eigenvalue weighted by molar-refractivity contribution is 6.17. The third-order valence-electron chi connectivity index (χ3n) is 3.33. The van der Waals surface area contributed by atoms with Crippen molar-refractivity contribution in [2.24, 2.45) is 5.92 Å². The van der Waals surface area contributed by atoms with Gasteiger partial charge in [0.25, 0.3) is 0 Å². The lowest BCUT2D eigenvalue weighted by Gasteiger charge is -2.33. The van der Waals surface area contributed by atoms with Crippen LogP contribution >= 0.6 is 11.6 Å². The zero-order chi connectivity index (χ0) is 10.6. The van der Waals surface area contributed by atoms with E-state index >= 15 is 0 Å². The van der Waals surface area contributed by atoms with Gasteiger partial charge in [0.1, 0.15) is 0 Å². The van der Waals surface area contributed by atoms with Crippen LogP contribution < -0.4 is 5.32 Å². The van der Waals surface area contributed by atoms with Crippen LogP contribution in [0.3, 0.4) is 0 Å². The van der Waals surface area contributed by atoms with E-state index < -0.39 is 0 Å². The highest BCUT2D eigenvalue weighted by atomic mass is 35.5. The molecule has 0 aliphatic heterocycles. The number of halogens is 1. The van der Waals surface area contributed by atoms with Gasteiger partial charge in [-0.1, -0.05) is 13.3 Å². The summed E-state index contributed by atoms with van der Waals surface area (Å²) in [5.74, 6) is 1.11. The maximum absolute atomic E-state index is 11.7. The molecule has 0 spiro atoms. The van der Waals surface area contributed by atoms with E-state index in [1.165, 1.54) is 6.42 Å².